The summed E-state index contributed by atoms with van der Waals surface area (Å²) in [5, 5.41) is 7.23. The maximum Gasteiger partial charge on any atom is 0.227 e. The van der Waals surface area contributed by atoms with Crippen LogP contribution in [0.25, 0.3) is 0 Å². The number of nitrogens with one attached hydrogen (secondary N) is 2. The minimum Gasteiger partial charge on any atom is -0.437 e. The predicted octanol–water partition coefficient (Wildman–Crippen LogP) is 2.20. The zero-order valence-corrected chi connectivity index (χ0v) is 16.1. The molecule has 2 fully saturated rings. The zero-order valence-electron chi connectivity index (χ0n) is 16.1. The number of hydrogen-bond acceptors (Lipinski definition) is 7. The Morgan fingerprint density at radius 2 is 1.96 bits per heavy atom. The minimum atomic E-state index is 0.599. The van der Waals surface area contributed by atoms with Crippen LogP contribution in [0.5, 0.6) is 11.6 Å². The second kappa shape index (κ2) is 8.19. The van der Waals surface area contributed by atoms with Crippen LogP contribution in [0, 0.1) is 13.8 Å². The molecule has 144 valence electrons. The van der Waals surface area contributed by atoms with Crippen molar-refractivity contribution in [1.82, 2.24) is 25.6 Å². The first-order valence-electron chi connectivity index (χ1n) is 9.83. The third kappa shape index (κ3) is 4.20. The molecule has 2 aromatic heterocycles. The zero-order chi connectivity index (χ0) is 18.6. The molecule has 0 amide bonds. The van der Waals surface area contributed by atoms with Crippen molar-refractivity contribution in [3.63, 3.8) is 0 Å². The first kappa shape index (κ1) is 18.1. The summed E-state index contributed by atoms with van der Waals surface area (Å²) in [7, 11) is 0. The SMILES string of the molecule is Cc1ncccc1Oc1ncnc(N2CCC(NC3CCNC3)CC2)c1C. The number of rotatable bonds is 5. The molecule has 0 radical (unpaired) electrons. The molecule has 0 aliphatic carbocycles. The van der Waals surface area contributed by atoms with E-state index in [9.17, 15) is 0 Å². The van der Waals surface area contributed by atoms with Crippen molar-refractivity contribution in [1.29, 1.82) is 0 Å². The van der Waals surface area contributed by atoms with Gasteiger partial charge in [0.2, 0.25) is 5.88 Å². The monoisotopic (exact) mass is 368 g/mol. The average molecular weight is 368 g/mol. The third-order valence-electron chi connectivity index (χ3n) is 5.50. The second-order valence-electron chi connectivity index (χ2n) is 7.43. The fourth-order valence-electron chi connectivity index (χ4n) is 3.92. The maximum atomic E-state index is 6.02. The lowest BCUT2D eigenvalue weighted by molar-refractivity contribution is 0.374. The van der Waals surface area contributed by atoms with Gasteiger partial charge in [-0.25, -0.2) is 9.97 Å². The Labute approximate surface area is 160 Å². The van der Waals surface area contributed by atoms with Crippen LogP contribution in [-0.4, -0.2) is 53.2 Å². The Hall–Kier alpha value is -2.25. The molecule has 1 atom stereocenters. The summed E-state index contributed by atoms with van der Waals surface area (Å²) in [5.41, 5.74) is 1.83. The van der Waals surface area contributed by atoms with Crippen molar-refractivity contribution < 1.29 is 4.74 Å². The van der Waals surface area contributed by atoms with Crippen molar-refractivity contribution in [3.8, 4) is 11.6 Å². The van der Waals surface area contributed by atoms with Crippen LogP contribution in [0.2, 0.25) is 0 Å². The van der Waals surface area contributed by atoms with Crippen molar-refractivity contribution in [2.24, 2.45) is 0 Å². The van der Waals surface area contributed by atoms with Gasteiger partial charge in [0.15, 0.2) is 5.75 Å². The minimum absolute atomic E-state index is 0.599. The summed E-state index contributed by atoms with van der Waals surface area (Å²) in [6.07, 6.45) is 6.87. The largest absolute Gasteiger partial charge is 0.437 e. The number of anilines is 1. The van der Waals surface area contributed by atoms with Crippen LogP contribution in [-0.2, 0) is 0 Å². The van der Waals surface area contributed by atoms with Gasteiger partial charge in [-0.2, -0.15) is 0 Å². The molecule has 2 aliphatic rings. The summed E-state index contributed by atoms with van der Waals surface area (Å²) in [6, 6.07) is 5.02. The maximum absolute atomic E-state index is 6.02. The topological polar surface area (TPSA) is 75.2 Å². The van der Waals surface area contributed by atoms with Crippen LogP contribution in [0.4, 0.5) is 5.82 Å². The summed E-state index contributed by atoms with van der Waals surface area (Å²) in [5.74, 6) is 2.31. The van der Waals surface area contributed by atoms with Crippen molar-refractivity contribution in [2.75, 3.05) is 31.1 Å². The lowest BCUT2D eigenvalue weighted by Gasteiger charge is -2.35. The summed E-state index contributed by atoms with van der Waals surface area (Å²) < 4.78 is 6.02. The van der Waals surface area contributed by atoms with Gasteiger partial charge in [-0.3, -0.25) is 4.98 Å². The van der Waals surface area contributed by atoms with Crippen molar-refractivity contribution in [3.05, 3.63) is 35.9 Å². The van der Waals surface area contributed by atoms with E-state index in [1.165, 1.54) is 6.42 Å². The smallest absolute Gasteiger partial charge is 0.227 e. The highest BCUT2D eigenvalue weighted by Gasteiger charge is 2.25. The van der Waals surface area contributed by atoms with Gasteiger partial charge in [-0.05, 0) is 51.8 Å². The first-order chi connectivity index (χ1) is 13.2. The van der Waals surface area contributed by atoms with Gasteiger partial charge in [0.05, 0.1) is 11.3 Å². The summed E-state index contributed by atoms with van der Waals surface area (Å²) in [6.45, 7) is 8.20. The number of hydrogen-bond donors (Lipinski definition) is 2. The van der Waals surface area contributed by atoms with E-state index < -0.39 is 0 Å². The van der Waals surface area contributed by atoms with Crippen LogP contribution in [0.1, 0.15) is 30.5 Å². The molecular weight excluding hydrogens is 340 g/mol. The highest BCUT2D eigenvalue weighted by molar-refractivity contribution is 5.51. The number of nitrogens with zero attached hydrogens (tertiary/aromatic N) is 4. The van der Waals surface area contributed by atoms with Crippen molar-refractivity contribution in [2.45, 2.75) is 45.2 Å². The molecule has 0 bridgehead atoms. The third-order valence-corrected chi connectivity index (χ3v) is 5.50. The summed E-state index contributed by atoms with van der Waals surface area (Å²) >= 11 is 0. The normalized spacial score (nSPS) is 20.8. The van der Waals surface area contributed by atoms with Gasteiger partial charge in [-0.15, -0.1) is 0 Å². The van der Waals surface area contributed by atoms with E-state index in [1.54, 1.807) is 12.5 Å². The lowest BCUT2D eigenvalue weighted by Crippen LogP contribution is -2.47. The van der Waals surface area contributed by atoms with E-state index in [2.05, 4.69) is 30.5 Å². The molecule has 2 aliphatic heterocycles. The molecule has 0 saturated carbocycles. The van der Waals surface area contributed by atoms with E-state index in [4.69, 9.17) is 4.74 Å². The molecule has 0 aromatic carbocycles. The fraction of sp³-hybridized carbons (Fsp3) is 0.550. The highest BCUT2D eigenvalue weighted by Crippen LogP contribution is 2.30. The average Bonchev–Trinajstić information content (AvgIpc) is 3.19. The number of pyridine rings is 1. The Morgan fingerprint density at radius 3 is 2.70 bits per heavy atom. The van der Waals surface area contributed by atoms with Crippen LogP contribution >= 0.6 is 0 Å². The van der Waals surface area contributed by atoms with Gasteiger partial charge in [-0.1, -0.05) is 0 Å². The van der Waals surface area contributed by atoms with E-state index in [0.29, 0.717) is 18.0 Å². The number of ether oxygens (including phenoxy) is 1. The van der Waals surface area contributed by atoms with E-state index in [1.807, 2.05) is 26.0 Å². The molecule has 27 heavy (non-hydrogen) atoms. The second-order valence-corrected chi connectivity index (χ2v) is 7.43. The lowest BCUT2D eigenvalue weighted by atomic mass is 10.0. The molecule has 1 unspecified atom stereocenters. The van der Waals surface area contributed by atoms with E-state index in [-0.39, 0.29) is 0 Å². The molecule has 4 heterocycles. The molecular formula is C20H28N6O. The molecule has 7 heteroatoms. The van der Waals surface area contributed by atoms with Gasteiger partial charge < -0.3 is 20.3 Å². The molecule has 7 nitrogen and oxygen atoms in total. The first-order valence-corrected chi connectivity index (χ1v) is 9.83. The molecule has 2 N–H and O–H groups in total. The van der Waals surface area contributed by atoms with Crippen LogP contribution in [0.3, 0.4) is 0 Å². The predicted molar refractivity (Wildman–Crippen MR) is 105 cm³/mol. The Balaban J connectivity index is 1.41. The number of piperidine rings is 1. The van der Waals surface area contributed by atoms with E-state index in [0.717, 1.165) is 61.8 Å². The number of aromatic nitrogens is 3. The number of aryl methyl sites for hydroxylation is 1. The van der Waals surface area contributed by atoms with Gasteiger partial charge in [0.1, 0.15) is 12.1 Å². The van der Waals surface area contributed by atoms with Crippen molar-refractivity contribution >= 4 is 5.82 Å². The standard InChI is InChI=1S/C20H28N6O/c1-14-19(23-13-24-20(14)27-18-4-3-8-22-15(18)2)26-10-6-16(7-11-26)25-17-5-9-21-12-17/h3-4,8,13,16-17,21,25H,5-7,9-12H2,1-2H3. The highest BCUT2D eigenvalue weighted by atomic mass is 16.5. The molecule has 2 saturated heterocycles. The van der Waals surface area contributed by atoms with Gasteiger partial charge in [0, 0.05) is 37.9 Å². The van der Waals surface area contributed by atoms with Gasteiger partial charge >= 0.3 is 0 Å². The Morgan fingerprint density at radius 1 is 1.11 bits per heavy atom. The van der Waals surface area contributed by atoms with Gasteiger partial charge in [0.25, 0.3) is 0 Å². The summed E-state index contributed by atoms with van der Waals surface area (Å²) in [4.78, 5) is 15.5. The van der Waals surface area contributed by atoms with E-state index >= 15 is 0 Å². The molecule has 0 spiro atoms. The Bertz CT molecular complexity index is 769. The quantitative estimate of drug-likeness (QED) is 0.838. The molecule has 4 rings (SSSR count). The van der Waals surface area contributed by atoms with Crippen LogP contribution < -0.4 is 20.3 Å². The Kier molecular flexibility index (Phi) is 5.50. The fourth-order valence-corrected chi connectivity index (χ4v) is 3.92. The van der Waals surface area contributed by atoms with Crippen LogP contribution in [0.15, 0.2) is 24.7 Å². The molecule has 2 aromatic rings.